The lowest BCUT2D eigenvalue weighted by Gasteiger charge is -2.23. The van der Waals surface area contributed by atoms with Crippen LogP contribution in [0.3, 0.4) is 0 Å². The molecule has 128 valence electrons. The molecule has 6 nitrogen and oxygen atoms in total. The largest absolute Gasteiger partial charge is 0.381 e. The number of fused-ring (bicyclic) bond motifs is 1. The van der Waals surface area contributed by atoms with E-state index in [4.69, 9.17) is 4.74 Å². The Morgan fingerprint density at radius 1 is 1.38 bits per heavy atom. The van der Waals surface area contributed by atoms with Crippen molar-refractivity contribution in [3.63, 3.8) is 0 Å². The molecule has 1 saturated heterocycles. The maximum atomic E-state index is 12.3. The molecule has 1 aromatic heterocycles. The van der Waals surface area contributed by atoms with Crippen LogP contribution in [0.4, 0.5) is 0 Å². The van der Waals surface area contributed by atoms with Crippen molar-refractivity contribution in [2.75, 3.05) is 32.8 Å². The molecular formula is C18H23N3O3. The molecule has 2 N–H and O–H groups in total. The molecule has 0 saturated carbocycles. The topological polar surface area (TPSA) is 74.4 Å². The van der Waals surface area contributed by atoms with Crippen LogP contribution in [0.2, 0.25) is 0 Å². The zero-order valence-corrected chi connectivity index (χ0v) is 13.9. The number of hydrogen-bond acceptors (Lipinski definition) is 3. The van der Waals surface area contributed by atoms with Gasteiger partial charge in [-0.3, -0.25) is 9.59 Å². The third-order valence-corrected chi connectivity index (χ3v) is 4.41. The van der Waals surface area contributed by atoms with Crippen molar-refractivity contribution >= 4 is 22.7 Å². The Hall–Kier alpha value is -2.34. The lowest BCUT2D eigenvalue weighted by molar-refractivity contribution is -0.130. The summed E-state index contributed by atoms with van der Waals surface area (Å²) >= 11 is 0. The van der Waals surface area contributed by atoms with Crippen molar-refractivity contribution < 1.29 is 14.3 Å². The molecule has 0 radical (unpaired) electrons. The van der Waals surface area contributed by atoms with E-state index < -0.39 is 0 Å². The fourth-order valence-corrected chi connectivity index (χ4v) is 3.00. The SMILES string of the molecule is CCN(C[C@H]1CCOC1)C(=O)CNC(=O)c1cc2ccccc2[nH]1. The highest BCUT2D eigenvalue weighted by molar-refractivity contribution is 5.99. The van der Waals surface area contributed by atoms with Crippen LogP contribution in [0.1, 0.15) is 23.8 Å². The van der Waals surface area contributed by atoms with Crippen molar-refractivity contribution in [2.45, 2.75) is 13.3 Å². The number of aromatic nitrogens is 1. The van der Waals surface area contributed by atoms with Crippen molar-refractivity contribution in [1.82, 2.24) is 15.2 Å². The molecule has 1 aromatic carbocycles. The summed E-state index contributed by atoms with van der Waals surface area (Å²) in [4.78, 5) is 29.4. The molecular weight excluding hydrogens is 306 g/mol. The summed E-state index contributed by atoms with van der Waals surface area (Å²) in [5.41, 5.74) is 1.38. The average molecular weight is 329 g/mol. The highest BCUT2D eigenvalue weighted by atomic mass is 16.5. The van der Waals surface area contributed by atoms with Gasteiger partial charge >= 0.3 is 0 Å². The number of carbonyl (C=O) groups excluding carboxylic acids is 2. The predicted octanol–water partition coefficient (Wildman–Crippen LogP) is 1.78. The second-order valence-electron chi connectivity index (χ2n) is 6.11. The summed E-state index contributed by atoms with van der Waals surface area (Å²) < 4.78 is 5.36. The van der Waals surface area contributed by atoms with E-state index in [-0.39, 0.29) is 18.4 Å². The lowest BCUT2D eigenvalue weighted by Crippen LogP contribution is -2.42. The molecule has 2 aromatic rings. The molecule has 0 bridgehead atoms. The molecule has 0 aliphatic carbocycles. The molecule has 2 amide bonds. The molecule has 1 atom stereocenters. The van der Waals surface area contributed by atoms with Gasteiger partial charge in [-0.05, 0) is 25.5 Å². The van der Waals surface area contributed by atoms with E-state index >= 15 is 0 Å². The number of hydrogen-bond donors (Lipinski definition) is 2. The number of likely N-dealkylation sites (N-methyl/N-ethyl adjacent to an activating group) is 1. The number of para-hydroxylation sites is 1. The molecule has 3 rings (SSSR count). The van der Waals surface area contributed by atoms with Crippen molar-refractivity contribution in [3.8, 4) is 0 Å². The maximum Gasteiger partial charge on any atom is 0.268 e. The number of nitrogens with one attached hydrogen (secondary N) is 2. The first-order chi connectivity index (χ1) is 11.7. The predicted molar refractivity (Wildman–Crippen MR) is 91.8 cm³/mol. The van der Waals surface area contributed by atoms with Gasteiger partial charge in [0.15, 0.2) is 0 Å². The lowest BCUT2D eigenvalue weighted by atomic mass is 10.1. The molecule has 6 heteroatoms. The van der Waals surface area contributed by atoms with Gasteiger partial charge in [0.25, 0.3) is 5.91 Å². The minimum Gasteiger partial charge on any atom is -0.381 e. The quantitative estimate of drug-likeness (QED) is 0.848. The first-order valence-electron chi connectivity index (χ1n) is 8.39. The van der Waals surface area contributed by atoms with Gasteiger partial charge in [-0.2, -0.15) is 0 Å². The van der Waals surface area contributed by atoms with Crippen LogP contribution in [-0.2, 0) is 9.53 Å². The minimum atomic E-state index is -0.264. The summed E-state index contributed by atoms with van der Waals surface area (Å²) in [6.45, 7) is 4.77. The van der Waals surface area contributed by atoms with E-state index in [0.717, 1.165) is 23.9 Å². The third-order valence-electron chi connectivity index (χ3n) is 4.41. The zero-order valence-electron chi connectivity index (χ0n) is 13.9. The first-order valence-corrected chi connectivity index (χ1v) is 8.39. The van der Waals surface area contributed by atoms with Crippen molar-refractivity contribution in [2.24, 2.45) is 5.92 Å². The number of benzene rings is 1. The zero-order chi connectivity index (χ0) is 16.9. The fourth-order valence-electron chi connectivity index (χ4n) is 3.00. The van der Waals surface area contributed by atoms with E-state index in [1.165, 1.54) is 0 Å². The smallest absolute Gasteiger partial charge is 0.268 e. The van der Waals surface area contributed by atoms with Crippen LogP contribution in [0.5, 0.6) is 0 Å². The monoisotopic (exact) mass is 329 g/mol. The highest BCUT2D eigenvalue weighted by Gasteiger charge is 2.22. The van der Waals surface area contributed by atoms with Crippen LogP contribution in [0.15, 0.2) is 30.3 Å². The number of amides is 2. The summed E-state index contributed by atoms with van der Waals surface area (Å²) in [5, 5.41) is 3.68. The Balaban J connectivity index is 1.55. The van der Waals surface area contributed by atoms with Gasteiger partial charge in [-0.25, -0.2) is 0 Å². The van der Waals surface area contributed by atoms with Crippen LogP contribution < -0.4 is 5.32 Å². The van der Waals surface area contributed by atoms with Gasteiger partial charge in [0.2, 0.25) is 5.91 Å². The summed E-state index contributed by atoms with van der Waals surface area (Å²) in [6.07, 6.45) is 0.991. The minimum absolute atomic E-state index is 0.00954. The standard InChI is InChI=1S/C18H23N3O3/c1-2-21(11-13-7-8-24-12-13)17(22)10-19-18(23)16-9-14-5-3-4-6-15(14)20-16/h3-6,9,13,20H,2,7-8,10-12H2,1H3,(H,19,23)/t13-/m1/s1. The number of aromatic amines is 1. The molecule has 1 fully saturated rings. The maximum absolute atomic E-state index is 12.3. The second-order valence-corrected chi connectivity index (χ2v) is 6.11. The van der Waals surface area contributed by atoms with E-state index in [1.807, 2.05) is 31.2 Å². The van der Waals surface area contributed by atoms with Crippen LogP contribution in [-0.4, -0.2) is 54.5 Å². The van der Waals surface area contributed by atoms with E-state index in [9.17, 15) is 9.59 Å². The molecule has 0 spiro atoms. The number of ether oxygens (including phenoxy) is 1. The average Bonchev–Trinajstić information content (AvgIpc) is 3.26. The molecule has 0 unspecified atom stereocenters. The van der Waals surface area contributed by atoms with Crippen LogP contribution in [0, 0.1) is 5.92 Å². The van der Waals surface area contributed by atoms with Crippen molar-refractivity contribution in [1.29, 1.82) is 0 Å². The fraction of sp³-hybridized carbons (Fsp3) is 0.444. The van der Waals surface area contributed by atoms with Gasteiger partial charge in [0.1, 0.15) is 5.69 Å². The normalized spacial score (nSPS) is 17.1. The van der Waals surface area contributed by atoms with Crippen LogP contribution in [0.25, 0.3) is 10.9 Å². The summed E-state index contributed by atoms with van der Waals surface area (Å²) in [6, 6.07) is 9.49. The molecule has 1 aliphatic heterocycles. The summed E-state index contributed by atoms with van der Waals surface area (Å²) in [5.74, 6) is 0.0759. The van der Waals surface area contributed by atoms with Gasteiger partial charge in [-0.1, -0.05) is 18.2 Å². The second kappa shape index (κ2) is 7.49. The van der Waals surface area contributed by atoms with E-state index in [0.29, 0.717) is 31.3 Å². The molecule has 2 heterocycles. The Kier molecular flexibility index (Phi) is 5.15. The number of nitrogens with zero attached hydrogens (tertiary/aromatic N) is 1. The molecule has 24 heavy (non-hydrogen) atoms. The van der Waals surface area contributed by atoms with Crippen LogP contribution >= 0.6 is 0 Å². The van der Waals surface area contributed by atoms with E-state index in [2.05, 4.69) is 10.3 Å². The first kappa shape index (κ1) is 16.5. The Labute approximate surface area is 141 Å². The molecule has 1 aliphatic rings. The van der Waals surface area contributed by atoms with Gasteiger partial charge in [0.05, 0.1) is 13.2 Å². The Morgan fingerprint density at radius 2 is 2.21 bits per heavy atom. The van der Waals surface area contributed by atoms with Crippen molar-refractivity contribution in [3.05, 3.63) is 36.0 Å². The number of rotatable bonds is 6. The van der Waals surface area contributed by atoms with E-state index in [1.54, 1.807) is 11.0 Å². The summed E-state index contributed by atoms with van der Waals surface area (Å²) in [7, 11) is 0. The Bertz CT molecular complexity index is 686. The third kappa shape index (κ3) is 3.76. The number of carbonyl (C=O) groups is 2. The van der Waals surface area contributed by atoms with Gasteiger partial charge < -0.3 is 19.9 Å². The highest BCUT2D eigenvalue weighted by Crippen LogP contribution is 2.15. The van der Waals surface area contributed by atoms with Gasteiger partial charge in [0, 0.05) is 36.5 Å². The van der Waals surface area contributed by atoms with Gasteiger partial charge in [-0.15, -0.1) is 0 Å². The Morgan fingerprint density at radius 3 is 2.92 bits per heavy atom. The number of H-pyrrole nitrogens is 1.